The monoisotopic (exact) mass is 507 g/mol. The second-order valence-electron chi connectivity index (χ2n) is 7.35. The SMILES string of the molecule is CCOc1ccccc1N1C(=O)C(Cl)=C(Nc2ccc(C(=O)Oc3ccccc3[N+](=O)[O-])cc2)C1=O. The summed E-state index contributed by atoms with van der Waals surface area (Å²) in [4.78, 5) is 49.7. The molecule has 182 valence electrons. The molecule has 0 radical (unpaired) electrons. The highest BCUT2D eigenvalue weighted by molar-refractivity contribution is 6.53. The highest BCUT2D eigenvalue weighted by Gasteiger charge is 2.40. The predicted octanol–water partition coefficient (Wildman–Crippen LogP) is 4.65. The minimum Gasteiger partial charge on any atom is -0.492 e. The lowest BCUT2D eigenvalue weighted by Crippen LogP contribution is -2.32. The maximum atomic E-state index is 13.1. The van der Waals surface area contributed by atoms with E-state index in [1.165, 1.54) is 48.5 Å². The van der Waals surface area contributed by atoms with Crippen LogP contribution in [-0.4, -0.2) is 29.3 Å². The van der Waals surface area contributed by atoms with Crippen LogP contribution in [0.3, 0.4) is 0 Å². The number of ether oxygens (including phenoxy) is 2. The van der Waals surface area contributed by atoms with E-state index in [0.717, 1.165) is 4.90 Å². The molecule has 0 aliphatic carbocycles. The number of carbonyl (C=O) groups excluding carboxylic acids is 3. The smallest absolute Gasteiger partial charge is 0.343 e. The molecule has 3 aromatic carbocycles. The summed E-state index contributed by atoms with van der Waals surface area (Å²) in [6, 6.07) is 17.9. The zero-order valence-electron chi connectivity index (χ0n) is 18.8. The Labute approximate surface area is 209 Å². The van der Waals surface area contributed by atoms with Crippen molar-refractivity contribution in [2.24, 2.45) is 0 Å². The summed E-state index contributed by atoms with van der Waals surface area (Å²) in [6.45, 7) is 2.12. The number of nitro benzene ring substituents is 1. The fourth-order valence-corrected chi connectivity index (χ4v) is 3.65. The Morgan fingerprint density at radius 3 is 2.28 bits per heavy atom. The van der Waals surface area contributed by atoms with E-state index in [1.807, 2.05) is 0 Å². The van der Waals surface area contributed by atoms with Crippen LogP contribution in [0.4, 0.5) is 17.1 Å². The molecule has 3 aromatic rings. The Hall–Kier alpha value is -4.70. The number of rotatable bonds is 8. The van der Waals surface area contributed by atoms with Crippen molar-refractivity contribution in [2.75, 3.05) is 16.8 Å². The van der Waals surface area contributed by atoms with Crippen LogP contribution in [0, 0.1) is 10.1 Å². The van der Waals surface area contributed by atoms with Gasteiger partial charge in [-0.3, -0.25) is 19.7 Å². The average molecular weight is 508 g/mol. The number of nitrogens with one attached hydrogen (secondary N) is 1. The summed E-state index contributed by atoms with van der Waals surface area (Å²) in [5, 5.41) is 13.6. The van der Waals surface area contributed by atoms with Crippen molar-refractivity contribution < 1.29 is 28.8 Å². The van der Waals surface area contributed by atoms with Crippen LogP contribution in [0.1, 0.15) is 17.3 Å². The van der Waals surface area contributed by atoms with Crippen LogP contribution in [0.15, 0.2) is 83.5 Å². The van der Waals surface area contributed by atoms with Crippen LogP contribution < -0.4 is 19.7 Å². The second kappa shape index (κ2) is 10.3. The number of halogens is 1. The first kappa shape index (κ1) is 24.4. The van der Waals surface area contributed by atoms with Gasteiger partial charge in [0, 0.05) is 11.8 Å². The van der Waals surface area contributed by atoms with Gasteiger partial charge in [-0.05, 0) is 49.4 Å². The molecule has 0 fully saturated rings. The number of anilines is 2. The van der Waals surface area contributed by atoms with E-state index in [0.29, 0.717) is 18.0 Å². The van der Waals surface area contributed by atoms with Gasteiger partial charge in [0.05, 0.1) is 22.8 Å². The quantitative estimate of drug-likeness (QED) is 0.153. The van der Waals surface area contributed by atoms with Crippen molar-refractivity contribution in [2.45, 2.75) is 6.92 Å². The summed E-state index contributed by atoms with van der Waals surface area (Å²) in [7, 11) is 0. The van der Waals surface area contributed by atoms with Gasteiger partial charge in [0.1, 0.15) is 16.5 Å². The Morgan fingerprint density at radius 1 is 0.972 bits per heavy atom. The maximum absolute atomic E-state index is 13.1. The number of amides is 2. The Balaban J connectivity index is 1.50. The summed E-state index contributed by atoms with van der Waals surface area (Å²) in [6.07, 6.45) is 0. The first-order valence-corrected chi connectivity index (χ1v) is 11.0. The normalized spacial score (nSPS) is 13.1. The third kappa shape index (κ3) is 4.75. The van der Waals surface area contributed by atoms with Crippen LogP contribution in [0.5, 0.6) is 11.5 Å². The first-order valence-electron chi connectivity index (χ1n) is 10.6. The molecule has 1 heterocycles. The van der Waals surface area contributed by atoms with Crippen molar-refractivity contribution in [3.05, 3.63) is 99.2 Å². The van der Waals surface area contributed by atoms with Crippen molar-refractivity contribution in [3.63, 3.8) is 0 Å². The highest BCUT2D eigenvalue weighted by Crippen LogP contribution is 2.35. The van der Waals surface area contributed by atoms with E-state index in [1.54, 1.807) is 31.2 Å². The molecule has 0 saturated heterocycles. The van der Waals surface area contributed by atoms with Crippen LogP contribution >= 0.6 is 11.6 Å². The zero-order valence-corrected chi connectivity index (χ0v) is 19.5. The van der Waals surface area contributed by atoms with Gasteiger partial charge in [0.25, 0.3) is 11.8 Å². The summed E-state index contributed by atoms with van der Waals surface area (Å²) < 4.78 is 10.7. The molecular formula is C25H18ClN3O7. The van der Waals surface area contributed by atoms with Crippen LogP contribution in [-0.2, 0) is 9.59 Å². The fraction of sp³-hybridized carbons (Fsp3) is 0.0800. The van der Waals surface area contributed by atoms with Crippen molar-refractivity contribution >= 4 is 46.4 Å². The Morgan fingerprint density at radius 2 is 1.61 bits per heavy atom. The van der Waals surface area contributed by atoms with Crippen molar-refractivity contribution in [3.8, 4) is 11.5 Å². The molecule has 0 saturated carbocycles. The molecule has 0 aromatic heterocycles. The molecule has 0 spiro atoms. The second-order valence-corrected chi connectivity index (χ2v) is 7.73. The molecule has 0 atom stereocenters. The number of nitro groups is 1. The van der Waals surface area contributed by atoms with Gasteiger partial charge < -0.3 is 14.8 Å². The van der Waals surface area contributed by atoms with Gasteiger partial charge in [0.2, 0.25) is 5.75 Å². The number of carbonyl (C=O) groups is 3. The molecule has 4 rings (SSSR count). The minimum absolute atomic E-state index is 0.111. The third-order valence-electron chi connectivity index (χ3n) is 5.09. The predicted molar refractivity (Wildman–Crippen MR) is 131 cm³/mol. The maximum Gasteiger partial charge on any atom is 0.343 e. The van der Waals surface area contributed by atoms with Gasteiger partial charge in [-0.2, -0.15) is 0 Å². The summed E-state index contributed by atoms with van der Waals surface area (Å²) >= 11 is 6.19. The highest BCUT2D eigenvalue weighted by atomic mass is 35.5. The van der Waals surface area contributed by atoms with E-state index in [2.05, 4.69) is 5.32 Å². The lowest BCUT2D eigenvalue weighted by Gasteiger charge is -2.18. The lowest BCUT2D eigenvalue weighted by atomic mass is 10.2. The van der Waals surface area contributed by atoms with Gasteiger partial charge >= 0.3 is 11.7 Å². The van der Waals surface area contributed by atoms with E-state index in [9.17, 15) is 24.5 Å². The fourth-order valence-electron chi connectivity index (χ4n) is 3.44. The first-order chi connectivity index (χ1) is 17.3. The van der Waals surface area contributed by atoms with Gasteiger partial charge in [-0.1, -0.05) is 35.9 Å². The van der Waals surface area contributed by atoms with Gasteiger partial charge in [0.15, 0.2) is 0 Å². The van der Waals surface area contributed by atoms with Crippen LogP contribution in [0.25, 0.3) is 0 Å². The number of nitrogens with zero attached hydrogens (tertiary/aromatic N) is 2. The number of benzene rings is 3. The molecular weight excluding hydrogens is 490 g/mol. The third-order valence-corrected chi connectivity index (χ3v) is 5.44. The van der Waals surface area contributed by atoms with Gasteiger partial charge in [-0.15, -0.1) is 0 Å². The molecule has 36 heavy (non-hydrogen) atoms. The molecule has 1 aliphatic rings. The Kier molecular flexibility index (Phi) is 6.98. The number of hydrogen-bond acceptors (Lipinski definition) is 8. The van der Waals surface area contributed by atoms with E-state index < -0.39 is 22.7 Å². The number of hydrogen-bond donors (Lipinski definition) is 1. The largest absolute Gasteiger partial charge is 0.492 e. The molecule has 0 bridgehead atoms. The van der Waals surface area contributed by atoms with E-state index in [-0.39, 0.29) is 33.4 Å². The lowest BCUT2D eigenvalue weighted by molar-refractivity contribution is -0.385. The number of esters is 1. The number of para-hydroxylation sites is 4. The summed E-state index contributed by atoms with van der Waals surface area (Å²) in [5.41, 5.74) is 0.262. The standard InChI is InChI=1S/C25H18ClN3O7/c1-2-35-19-9-5-3-7-17(19)28-23(30)21(26)22(24(28)31)27-16-13-11-15(12-14-16)25(32)36-20-10-6-4-8-18(20)29(33)34/h3-14,27H,2H2,1H3. The molecule has 1 N–H and O–H groups in total. The number of imide groups is 1. The molecule has 11 heteroatoms. The van der Waals surface area contributed by atoms with Gasteiger partial charge in [-0.25, -0.2) is 9.69 Å². The molecule has 1 aliphatic heterocycles. The van der Waals surface area contributed by atoms with Crippen molar-refractivity contribution in [1.82, 2.24) is 0 Å². The Bertz CT molecular complexity index is 1400. The van der Waals surface area contributed by atoms with Crippen molar-refractivity contribution in [1.29, 1.82) is 0 Å². The minimum atomic E-state index is -0.807. The average Bonchev–Trinajstić information content (AvgIpc) is 3.08. The topological polar surface area (TPSA) is 128 Å². The van der Waals surface area contributed by atoms with E-state index in [4.69, 9.17) is 21.1 Å². The summed E-state index contributed by atoms with van der Waals surface area (Å²) in [5.74, 6) is -2.01. The molecule has 0 unspecified atom stereocenters. The van der Waals surface area contributed by atoms with E-state index >= 15 is 0 Å². The zero-order chi connectivity index (χ0) is 25.8. The molecule has 2 amide bonds. The molecule has 10 nitrogen and oxygen atoms in total. The van der Waals surface area contributed by atoms with Crippen LogP contribution in [0.2, 0.25) is 0 Å².